The summed E-state index contributed by atoms with van der Waals surface area (Å²) in [6.07, 6.45) is 4.75. The highest BCUT2D eigenvalue weighted by Gasteiger charge is 2.30. The van der Waals surface area contributed by atoms with Crippen LogP contribution < -0.4 is 11.0 Å². The quantitative estimate of drug-likeness (QED) is 0.818. The summed E-state index contributed by atoms with van der Waals surface area (Å²) in [5, 5.41) is 2.92. The predicted molar refractivity (Wildman–Crippen MR) is 115 cm³/mol. The fourth-order valence-electron chi connectivity index (χ4n) is 3.56. The Morgan fingerprint density at radius 3 is 2.83 bits per heavy atom. The number of urea groups is 1. The van der Waals surface area contributed by atoms with Crippen molar-refractivity contribution in [2.75, 3.05) is 25.5 Å². The van der Waals surface area contributed by atoms with Crippen LogP contribution >= 0.6 is 0 Å². The SMILES string of the molecule is CC(C)N(C)C(=O)[C@H]1CCCN(C(=O)Nc2cccc(Cn3cccnc3=O)c2)C1. The van der Waals surface area contributed by atoms with Gasteiger partial charge in [-0.05, 0) is 50.5 Å². The first-order chi connectivity index (χ1) is 14.3. The molecule has 1 fully saturated rings. The molecule has 0 bridgehead atoms. The van der Waals surface area contributed by atoms with Gasteiger partial charge in [-0.1, -0.05) is 12.1 Å². The topological polar surface area (TPSA) is 87.5 Å². The van der Waals surface area contributed by atoms with E-state index in [4.69, 9.17) is 0 Å². The largest absolute Gasteiger partial charge is 0.347 e. The lowest BCUT2D eigenvalue weighted by Crippen LogP contribution is -2.48. The molecular weight excluding hydrogens is 382 g/mol. The van der Waals surface area contributed by atoms with Crippen molar-refractivity contribution in [1.29, 1.82) is 0 Å². The third-order valence-electron chi connectivity index (χ3n) is 5.49. The smallest absolute Gasteiger partial charge is 0.343 e. The van der Waals surface area contributed by atoms with E-state index in [-0.39, 0.29) is 29.6 Å². The molecule has 8 heteroatoms. The van der Waals surface area contributed by atoms with Gasteiger partial charge in [0, 0.05) is 44.3 Å². The third kappa shape index (κ3) is 5.25. The molecule has 1 atom stereocenters. The van der Waals surface area contributed by atoms with Crippen molar-refractivity contribution in [3.8, 4) is 0 Å². The van der Waals surface area contributed by atoms with Crippen LogP contribution in [0.4, 0.5) is 10.5 Å². The van der Waals surface area contributed by atoms with E-state index < -0.39 is 0 Å². The number of anilines is 1. The van der Waals surface area contributed by atoms with E-state index in [9.17, 15) is 14.4 Å². The maximum Gasteiger partial charge on any atom is 0.347 e. The Labute approximate surface area is 176 Å². The number of likely N-dealkylation sites (tertiary alicyclic amines) is 1. The molecule has 30 heavy (non-hydrogen) atoms. The van der Waals surface area contributed by atoms with Crippen LogP contribution in [0.25, 0.3) is 0 Å². The number of carbonyl (C=O) groups excluding carboxylic acids is 2. The number of amides is 3. The average Bonchev–Trinajstić information content (AvgIpc) is 2.74. The van der Waals surface area contributed by atoms with Crippen molar-refractivity contribution >= 4 is 17.6 Å². The number of rotatable bonds is 5. The molecule has 1 aromatic carbocycles. The standard InChI is InChI=1S/C22H29N5O3/c1-16(2)25(3)20(28)18-8-5-11-27(15-18)22(30)24-19-9-4-7-17(13-19)14-26-12-6-10-23-21(26)29/h4,6-7,9-10,12-13,16,18H,5,8,11,14-15H2,1-3H3,(H,24,30)/t18-/m0/s1. The minimum atomic E-state index is -0.317. The van der Waals surface area contributed by atoms with Gasteiger partial charge in [-0.15, -0.1) is 0 Å². The molecule has 0 aliphatic carbocycles. The fraction of sp³-hybridized carbons (Fsp3) is 0.455. The molecule has 0 saturated carbocycles. The number of aromatic nitrogens is 2. The second kappa shape index (κ2) is 9.56. The molecule has 1 aliphatic rings. The second-order valence-electron chi connectivity index (χ2n) is 7.99. The van der Waals surface area contributed by atoms with Crippen molar-refractivity contribution in [2.45, 2.75) is 39.3 Å². The minimum absolute atomic E-state index is 0.0893. The number of benzene rings is 1. The Balaban J connectivity index is 1.63. The molecule has 2 aromatic rings. The van der Waals surface area contributed by atoms with Crippen molar-refractivity contribution in [1.82, 2.24) is 19.4 Å². The number of carbonyl (C=O) groups is 2. The Bertz CT molecular complexity index is 956. The first-order valence-electron chi connectivity index (χ1n) is 10.3. The van der Waals surface area contributed by atoms with Crippen LogP contribution in [-0.4, -0.2) is 57.5 Å². The van der Waals surface area contributed by atoms with Crippen molar-refractivity contribution in [3.05, 3.63) is 58.8 Å². The molecule has 1 aliphatic heterocycles. The number of hydrogen-bond donors (Lipinski definition) is 1. The van der Waals surface area contributed by atoms with Crippen LogP contribution in [0, 0.1) is 5.92 Å². The van der Waals surface area contributed by atoms with Gasteiger partial charge in [0.25, 0.3) is 0 Å². The molecule has 1 aromatic heterocycles. The zero-order chi connectivity index (χ0) is 21.7. The zero-order valence-electron chi connectivity index (χ0n) is 17.7. The van der Waals surface area contributed by atoms with Crippen LogP contribution in [0.3, 0.4) is 0 Å². The van der Waals surface area contributed by atoms with E-state index in [1.54, 1.807) is 22.1 Å². The summed E-state index contributed by atoms with van der Waals surface area (Å²) < 4.78 is 1.51. The first kappa shape index (κ1) is 21.5. The summed E-state index contributed by atoms with van der Waals surface area (Å²) in [5.74, 6) is -0.0768. The van der Waals surface area contributed by atoms with E-state index in [1.807, 2.05) is 45.2 Å². The van der Waals surface area contributed by atoms with Crippen LogP contribution in [0.1, 0.15) is 32.3 Å². The summed E-state index contributed by atoms with van der Waals surface area (Å²) in [7, 11) is 1.81. The van der Waals surface area contributed by atoms with E-state index in [2.05, 4.69) is 10.3 Å². The Kier molecular flexibility index (Phi) is 6.87. The average molecular weight is 412 g/mol. The number of nitrogens with zero attached hydrogens (tertiary/aromatic N) is 4. The molecule has 1 N–H and O–H groups in total. The lowest BCUT2D eigenvalue weighted by atomic mass is 9.96. The number of hydrogen-bond acceptors (Lipinski definition) is 4. The first-order valence-corrected chi connectivity index (χ1v) is 10.3. The lowest BCUT2D eigenvalue weighted by Gasteiger charge is -2.35. The molecule has 3 rings (SSSR count). The third-order valence-corrected chi connectivity index (χ3v) is 5.49. The molecular formula is C22H29N5O3. The molecule has 0 unspecified atom stereocenters. The van der Waals surface area contributed by atoms with Crippen LogP contribution in [0.15, 0.2) is 47.5 Å². The molecule has 160 valence electrons. The fourth-order valence-corrected chi connectivity index (χ4v) is 3.56. The molecule has 0 radical (unpaired) electrons. The molecule has 8 nitrogen and oxygen atoms in total. The van der Waals surface area contributed by atoms with E-state index in [1.165, 1.54) is 10.8 Å². The maximum absolute atomic E-state index is 12.8. The maximum atomic E-state index is 12.8. The molecule has 3 amide bonds. The van der Waals surface area contributed by atoms with Gasteiger partial charge in [-0.25, -0.2) is 14.6 Å². The predicted octanol–water partition coefficient (Wildman–Crippen LogP) is 2.40. The van der Waals surface area contributed by atoms with E-state index in [0.29, 0.717) is 25.3 Å². The van der Waals surface area contributed by atoms with Gasteiger partial charge in [0.1, 0.15) is 0 Å². The Morgan fingerprint density at radius 1 is 1.30 bits per heavy atom. The molecule has 0 spiro atoms. The van der Waals surface area contributed by atoms with Crippen molar-refractivity contribution < 1.29 is 9.59 Å². The molecule has 1 saturated heterocycles. The van der Waals surface area contributed by atoms with E-state index in [0.717, 1.165) is 18.4 Å². The van der Waals surface area contributed by atoms with Gasteiger partial charge >= 0.3 is 11.7 Å². The zero-order valence-corrected chi connectivity index (χ0v) is 17.7. The number of nitrogens with one attached hydrogen (secondary N) is 1. The lowest BCUT2D eigenvalue weighted by molar-refractivity contribution is -0.137. The van der Waals surface area contributed by atoms with Gasteiger partial charge < -0.3 is 15.1 Å². The van der Waals surface area contributed by atoms with Gasteiger partial charge in [0.2, 0.25) is 5.91 Å². The van der Waals surface area contributed by atoms with E-state index >= 15 is 0 Å². The van der Waals surface area contributed by atoms with Gasteiger partial charge in [0.05, 0.1) is 12.5 Å². The van der Waals surface area contributed by atoms with Crippen molar-refractivity contribution in [2.24, 2.45) is 5.92 Å². The normalized spacial score (nSPS) is 16.4. The summed E-state index contributed by atoms with van der Waals surface area (Å²) in [6, 6.07) is 9.02. The van der Waals surface area contributed by atoms with Crippen LogP contribution in [0.2, 0.25) is 0 Å². The van der Waals surface area contributed by atoms with Gasteiger partial charge in [-0.3, -0.25) is 9.36 Å². The summed E-state index contributed by atoms with van der Waals surface area (Å²) in [6.45, 7) is 5.39. The minimum Gasteiger partial charge on any atom is -0.343 e. The highest BCUT2D eigenvalue weighted by molar-refractivity contribution is 5.90. The highest BCUT2D eigenvalue weighted by atomic mass is 16.2. The summed E-state index contributed by atoms with van der Waals surface area (Å²) >= 11 is 0. The number of piperidine rings is 1. The highest BCUT2D eigenvalue weighted by Crippen LogP contribution is 2.21. The van der Waals surface area contributed by atoms with Gasteiger partial charge in [0.15, 0.2) is 0 Å². The summed E-state index contributed by atoms with van der Waals surface area (Å²) in [5.41, 5.74) is 1.22. The summed E-state index contributed by atoms with van der Waals surface area (Å²) in [4.78, 5) is 44.5. The Morgan fingerprint density at radius 2 is 2.10 bits per heavy atom. The van der Waals surface area contributed by atoms with Crippen LogP contribution in [-0.2, 0) is 11.3 Å². The van der Waals surface area contributed by atoms with Gasteiger partial charge in [-0.2, -0.15) is 0 Å². The van der Waals surface area contributed by atoms with Crippen LogP contribution in [0.5, 0.6) is 0 Å². The second-order valence-corrected chi connectivity index (χ2v) is 7.99. The monoisotopic (exact) mass is 411 g/mol. The van der Waals surface area contributed by atoms with Crippen molar-refractivity contribution in [3.63, 3.8) is 0 Å². The molecule has 2 heterocycles. The Hall–Kier alpha value is -3.16.